The van der Waals surface area contributed by atoms with Gasteiger partial charge in [0.25, 0.3) is 0 Å². The van der Waals surface area contributed by atoms with Gasteiger partial charge in [-0.1, -0.05) is 6.42 Å². The van der Waals surface area contributed by atoms with Crippen molar-refractivity contribution in [2.45, 2.75) is 32.7 Å². The fourth-order valence-electron chi connectivity index (χ4n) is 2.40. The van der Waals surface area contributed by atoms with Crippen LogP contribution in [0.2, 0.25) is 0 Å². The topological polar surface area (TPSA) is 69.6 Å². The normalized spacial score (nSPS) is 15.5. The average molecular weight is 261 g/mol. The summed E-state index contributed by atoms with van der Waals surface area (Å²) in [6.45, 7) is 2.44. The first-order valence-corrected chi connectivity index (χ1v) is 6.47. The van der Waals surface area contributed by atoms with Gasteiger partial charge in [-0.2, -0.15) is 0 Å². The largest absolute Gasteiger partial charge is 0.399 e. The minimum atomic E-state index is -0.307. The number of rotatable bonds is 3. The highest BCUT2D eigenvalue weighted by atomic mass is 19.1. The lowest BCUT2D eigenvalue weighted by molar-refractivity contribution is 0.265. The number of hydrogen-bond acceptors (Lipinski definition) is 4. The molecule has 0 radical (unpaired) electrons. The number of halogens is 1. The van der Waals surface area contributed by atoms with Crippen molar-refractivity contribution in [1.82, 2.24) is 20.2 Å². The second kappa shape index (κ2) is 4.60. The molecule has 0 bridgehead atoms. The van der Waals surface area contributed by atoms with E-state index >= 15 is 0 Å². The first-order chi connectivity index (χ1) is 9.15. The van der Waals surface area contributed by atoms with E-state index in [0.29, 0.717) is 28.6 Å². The van der Waals surface area contributed by atoms with E-state index in [1.54, 1.807) is 23.7 Å². The molecular weight excluding hydrogens is 245 g/mol. The van der Waals surface area contributed by atoms with E-state index in [-0.39, 0.29) is 5.82 Å². The van der Waals surface area contributed by atoms with Gasteiger partial charge in [0.1, 0.15) is 5.82 Å². The molecule has 0 amide bonds. The highest BCUT2D eigenvalue weighted by molar-refractivity contribution is 5.63. The van der Waals surface area contributed by atoms with Crippen LogP contribution in [0.25, 0.3) is 11.4 Å². The minimum absolute atomic E-state index is 0.307. The third-order valence-electron chi connectivity index (χ3n) is 3.71. The fourth-order valence-corrected chi connectivity index (χ4v) is 2.40. The molecule has 0 unspecified atom stereocenters. The van der Waals surface area contributed by atoms with Gasteiger partial charge in [0.05, 0.1) is 5.56 Å². The first kappa shape index (κ1) is 12.1. The van der Waals surface area contributed by atoms with Crippen molar-refractivity contribution in [2.24, 2.45) is 5.92 Å². The zero-order valence-electron chi connectivity index (χ0n) is 10.8. The van der Waals surface area contributed by atoms with Gasteiger partial charge in [0, 0.05) is 12.2 Å². The fraction of sp³-hybridized carbons (Fsp3) is 0.462. The number of hydrogen-bond donors (Lipinski definition) is 1. The maximum atomic E-state index is 14.2. The van der Waals surface area contributed by atoms with Crippen molar-refractivity contribution in [1.29, 1.82) is 0 Å². The molecule has 2 aromatic rings. The quantitative estimate of drug-likeness (QED) is 0.860. The number of tetrazole rings is 1. The van der Waals surface area contributed by atoms with Crippen LogP contribution >= 0.6 is 0 Å². The highest BCUT2D eigenvalue weighted by Gasteiger charge is 2.22. The summed E-state index contributed by atoms with van der Waals surface area (Å²) in [4.78, 5) is 0. The van der Waals surface area contributed by atoms with Crippen LogP contribution in [0.4, 0.5) is 10.1 Å². The smallest absolute Gasteiger partial charge is 0.185 e. The van der Waals surface area contributed by atoms with Gasteiger partial charge in [-0.25, -0.2) is 9.07 Å². The molecule has 6 heteroatoms. The summed E-state index contributed by atoms with van der Waals surface area (Å²) in [5, 5.41) is 11.6. The monoisotopic (exact) mass is 261 g/mol. The first-order valence-electron chi connectivity index (χ1n) is 6.47. The summed E-state index contributed by atoms with van der Waals surface area (Å²) >= 11 is 0. The van der Waals surface area contributed by atoms with E-state index in [9.17, 15) is 4.39 Å². The Morgan fingerprint density at radius 1 is 1.42 bits per heavy atom. The van der Waals surface area contributed by atoms with Gasteiger partial charge in [-0.3, -0.25) is 0 Å². The molecule has 1 heterocycles. The SMILES string of the molecule is Cc1cc(N)cc(-c2nnnn2CC2CCC2)c1F. The number of anilines is 1. The van der Waals surface area contributed by atoms with Crippen molar-refractivity contribution < 1.29 is 4.39 Å². The van der Waals surface area contributed by atoms with Crippen LogP contribution in [-0.4, -0.2) is 20.2 Å². The van der Waals surface area contributed by atoms with Gasteiger partial charge >= 0.3 is 0 Å². The zero-order valence-corrected chi connectivity index (χ0v) is 10.8. The van der Waals surface area contributed by atoms with Gasteiger partial charge in [-0.05, 0) is 53.8 Å². The predicted octanol–water partition coefficient (Wildman–Crippen LogP) is 2.17. The molecule has 100 valence electrons. The molecule has 0 atom stereocenters. The van der Waals surface area contributed by atoms with Crippen LogP contribution in [-0.2, 0) is 6.54 Å². The van der Waals surface area contributed by atoms with E-state index in [1.807, 2.05) is 0 Å². The highest BCUT2D eigenvalue weighted by Crippen LogP contribution is 2.30. The number of aromatic nitrogens is 4. The second-order valence-corrected chi connectivity index (χ2v) is 5.18. The summed E-state index contributed by atoms with van der Waals surface area (Å²) in [6, 6.07) is 3.20. The zero-order chi connectivity index (χ0) is 13.4. The van der Waals surface area contributed by atoms with E-state index in [4.69, 9.17) is 5.73 Å². The Morgan fingerprint density at radius 3 is 2.89 bits per heavy atom. The molecular formula is C13H16FN5. The predicted molar refractivity (Wildman–Crippen MR) is 69.7 cm³/mol. The molecule has 1 aliphatic carbocycles. The number of nitrogen functional groups attached to an aromatic ring is 1. The van der Waals surface area contributed by atoms with Gasteiger partial charge in [-0.15, -0.1) is 5.10 Å². The van der Waals surface area contributed by atoms with E-state index in [0.717, 1.165) is 6.54 Å². The van der Waals surface area contributed by atoms with E-state index < -0.39 is 0 Å². The summed E-state index contributed by atoms with van der Waals surface area (Å²) in [6.07, 6.45) is 3.64. The maximum absolute atomic E-state index is 14.2. The molecule has 5 nitrogen and oxygen atoms in total. The summed E-state index contributed by atoms with van der Waals surface area (Å²) < 4.78 is 15.9. The molecule has 1 aliphatic rings. The Balaban J connectivity index is 1.99. The average Bonchev–Trinajstić information content (AvgIpc) is 2.76. The lowest BCUT2D eigenvalue weighted by Crippen LogP contribution is -2.19. The molecule has 0 saturated heterocycles. The van der Waals surface area contributed by atoms with Crippen molar-refractivity contribution in [3.05, 3.63) is 23.5 Å². The second-order valence-electron chi connectivity index (χ2n) is 5.18. The Morgan fingerprint density at radius 2 is 2.21 bits per heavy atom. The van der Waals surface area contributed by atoms with Crippen LogP contribution < -0.4 is 5.73 Å². The van der Waals surface area contributed by atoms with Crippen LogP contribution in [0.5, 0.6) is 0 Å². The van der Waals surface area contributed by atoms with Gasteiger partial charge < -0.3 is 5.73 Å². The van der Waals surface area contributed by atoms with Crippen molar-refractivity contribution in [3.8, 4) is 11.4 Å². The molecule has 1 aromatic carbocycles. The molecule has 0 aliphatic heterocycles. The summed E-state index contributed by atoms with van der Waals surface area (Å²) in [5.74, 6) is 0.756. The third-order valence-corrected chi connectivity index (χ3v) is 3.71. The van der Waals surface area contributed by atoms with Gasteiger partial charge in [0.2, 0.25) is 0 Å². The minimum Gasteiger partial charge on any atom is -0.399 e. The number of nitrogens with two attached hydrogens (primary N) is 1. The number of benzene rings is 1. The number of aryl methyl sites for hydroxylation is 1. The van der Waals surface area contributed by atoms with Crippen molar-refractivity contribution in [3.63, 3.8) is 0 Å². The Hall–Kier alpha value is -1.98. The molecule has 1 saturated carbocycles. The van der Waals surface area contributed by atoms with Crippen molar-refractivity contribution in [2.75, 3.05) is 5.73 Å². The third kappa shape index (κ3) is 2.18. The Bertz CT molecular complexity index is 603. The molecule has 3 rings (SSSR count). The lowest BCUT2D eigenvalue weighted by Gasteiger charge is -2.25. The molecule has 0 spiro atoms. The van der Waals surface area contributed by atoms with E-state index in [1.165, 1.54) is 19.3 Å². The van der Waals surface area contributed by atoms with E-state index in [2.05, 4.69) is 15.5 Å². The summed E-state index contributed by atoms with van der Waals surface area (Å²) in [5.41, 5.74) is 7.18. The molecule has 1 fully saturated rings. The van der Waals surface area contributed by atoms with Crippen LogP contribution in [0.3, 0.4) is 0 Å². The molecule has 19 heavy (non-hydrogen) atoms. The van der Waals surface area contributed by atoms with Gasteiger partial charge in [0.15, 0.2) is 5.82 Å². The Kier molecular flexibility index (Phi) is 2.93. The van der Waals surface area contributed by atoms with Crippen LogP contribution in [0.15, 0.2) is 12.1 Å². The molecule has 2 N–H and O–H groups in total. The van der Waals surface area contributed by atoms with Crippen molar-refractivity contribution >= 4 is 5.69 Å². The van der Waals surface area contributed by atoms with Crippen LogP contribution in [0, 0.1) is 18.7 Å². The summed E-state index contributed by atoms with van der Waals surface area (Å²) in [7, 11) is 0. The standard InChI is InChI=1S/C13H16FN5/c1-8-5-10(15)6-11(12(8)14)13-16-17-18-19(13)7-9-3-2-4-9/h5-6,9H,2-4,7,15H2,1H3. The lowest BCUT2D eigenvalue weighted by atomic mass is 9.85. The maximum Gasteiger partial charge on any atom is 0.185 e. The van der Waals surface area contributed by atoms with Crippen LogP contribution in [0.1, 0.15) is 24.8 Å². The molecule has 1 aromatic heterocycles. The number of nitrogens with zero attached hydrogens (tertiary/aromatic N) is 4. The Labute approximate surface area is 110 Å².